The van der Waals surface area contributed by atoms with Gasteiger partial charge in [-0.15, -0.1) is 0 Å². The van der Waals surface area contributed by atoms with E-state index in [-0.39, 0.29) is 6.10 Å². The van der Waals surface area contributed by atoms with E-state index in [1.807, 2.05) is 6.92 Å². The van der Waals surface area contributed by atoms with Gasteiger partial charge in [0.1, 0.15) is 11.9 Å². The summed E-state index contributed by atoms with van der Waals surface area (Å²) in [5.41, 5.74) is 0. The van der Waals surface area contributed by atoms with Crippen molar-refractivity contribution in [2.45, 2.75) is 26.9 Å². The number of hydrogen-bond donors (Lipinski definition) is 0. The van der Waals surface area contributed by atoms with E-state index in [2.05, 4.69) is 32.1 Å². The van der Waals surface area contributed by atoms with Crippen molar-refractivity contribution in [2.24, 2.45) is 11.8 Å². The molecule has 0 N–H and O–H groups in total. The fourth-order valence-corrected chi connectivity index (χ4v) is 1.47. The molecule has 80 valence electrons. The van der Waals surface area contributed by atoms with Gasteiger partial charge < -0.3 is 9.47 Å². The van der Waals surface area contributed by atoms with E-state index in [9.17, 15) is 0 Å². The maximum Gasteiger partial charge on any atom is 0.119 e. The van der Waals surface area contributed by atoms with Crippen LogP contribution < -0.4 is 0 Å². The smallest absolute Gasteiger partial charge is 0.119 e. The van der Waals surface area contributed by atoms with Crippen molar-refractivity contribution in [3.63, 3.8) is 0 Å². The second kappa shape index (κ2) is 5.20. The molecule has 0 fully saturated rings. The summed E-state index contributed by atoms with van der Waals surface area (Å²) in [7, 11) is 1.69. The molecule has 0 heterocycles. The average molecular weight is 196 g/mol. The predicted octanol–water partition coefficient (Wildman–Crippen LogP) is 2.76. The van der Waals surface area contributed by atoms with Crippen molar-refractivity contribution in [1.29, 1.82) is 0 Å². The van der Waals surface area contributed by atoms with Crippen LogP contribution in [0, 0.1) is 11.8 Å². The maximum absolute atomic E-state index is 5.70. The van der Waals surface area contributed by atoms with E-state index in [0.717, 1.165) is 5.76 Å². The fourth-order valence-electron chi connectivity index (χ4n) is 1.47. The van der Waals surface area contributed by atoms with Crippen LogP contribution in [-0.4, -0.2) is 19.8 Å². The Bertz CT molecular complexity index is 230. The quantitative estimate of drug-likeness (QED) is 0.688. The summed E-state index contributed by atoms with van der Waals surface area (Å²) in [6.07, 6.45) is 6.55. The third-order valence-corrected chi connectivity index (χ3v) is 2.56. The average Bonchev–Trinajstić information content (AvgIpc) is 2.12. The first-order valence-electron chi connectivity index (χ1n) is 5.19. The summed E-state index contributed by atoms with van der Waals surface area (Å²) < 4.78 is 10.7. The Morgan fingerprint density at radius 3 is 2.64 bits per heavy atom. The van der Waals surface area contributed by atoms with Gasteiger partial charge in [-0.25, -0.2) is 0 Å². The SMILES string of the molecule is COC[C@@H](C)OC1=CC(C)[C@@H](C)C=C1. The first-order valence-corrected chi connectivity index (χ1v) is 5.19. The lowest BCUT2D eigenvalue weighted by atomic mass is 9.91. The van der Waals surface area contributed by atoms with E-state index in [1.54, 1.807) is 7.11 Å². The second-order valence-electron chi connectivity index (χ2n) is 4.03. The Morgan fingerprint density at radius 2 is 2.07 bits per heavy atom. The van der Waals surface area contributed by atoms with Crippen LogP contribution in [0.15, 0.2) is 24.0 Å². The maximum atomic E-state index is 5.70. The van der Waals surface area contributed by atoms with Crippen molar-refractivity contribution in [2.75, 3.05) is 13.7 Å². The van der Waals surface area contributed by atoms with Crippen LogP contribution in [0.1, 0.15) is 20.8 Å². The highest BCUT2D eigenvalue weighted by Gasteiger charge is 2.14. The van der Waals surface area contributed by atoms with Crippen molar-refractivity contribution >= 4 is 0 Å². The van der Waals surface area contributed by atoms with Crippen LogP contribution in [0.5, 0.6) is 0 Å². The zero-order chi connectivity index (χ0) is 10.6. The van der Waals surface area contributed by atoms with Crippen molar-refractivity contribution < 1.29 is 9.47 Å². The van der Waals surface area contributed by atoms with Crippen LogP contribution in [-0.2, 0) is 9.47 Å². The molecule has 0 bridgehead atoms. The highest BCUT2D eigenvalue weighted by Crippen LogP contribution is 2.23. The van der Waals surface area contributed by atoms with Gasteiger partial charge in [0.05, 0.1) is 6.61 Å². The molecule has 2 heteroatoms. The molecule has 0 spiro atoms. The molecule has 0 amide bonds. The molecule has 14 heavy (non-hydrogen) atoms. The molecule has 2 nitrogen and oxygen atoms in total. The van der Waals surface area contributed by atoms with Gasteiger partial charge in [-0.05, 0) is 30.9 Å². The highest BCUT2D eigenvalue weighted by atomic mass is 16.5. The minimum absolute atomic E-state index is 0.122. The Labute approximate surface area is 86.6 Å². The molecule has 0 aromatic rings. The molecular weight excluding hydrogens is 176 g/mol. The molecule has 0 aliphatic heterocycles. The molecule has 0 aromatic heterocycles. The summed E-state index contributed by atoms with van der Waals surface area (Å²) in [5, 5.41) is 0. The van der Waals surface area contributed by atoms with Gasteiger partial charge in [-0.1, -0.05) is 19.9 Å². The lowest BCUT2D eigenvalue weighted by molar-refractivity contribution is 0.0517. The topological polar surface area (TPSA) is 18.5 Å². The van der Waals surface area contributed by atoms with E-state index in [4.69, 9.17) is 9.47 Å². The number of methoxy groups -OCH3 is 1. The van der Waals surface area contributed by atoms with E-state index in [1.165, 1.54) is 0 Å². The second-order valence-corrected chi connectivity index (χ2v) is 4.03. The van der Waals surface area contributed by atoms with Crippen LogP contribution in [0.3, 0.4) is 0 Å². The molecule has 3 atom stereocenters. The van der Waals surface area contributed by atoms with Gasteiger partial charge in [0.25, 0.3) is 0 Å². The zero-order valence-electron chi connectivity index (χ0n) is 9.49. The number of hydrogen-bond acceptors (Lipinski definition) is 2. The van der Waals surface area contributed by atoms with E-state index >= 15 is 0 Å². The number of rotatable bonds is 4. The molecule has 1 unspecified atom stereocenters. The monoisotopic (exact) mass is 196 g/mol. The Balaban J connectivity index is 2.46. The Hall–Kier alpha value is -0.760. The number of ether oxygens (including phenoxy) is 2. The standard InChI is InChI=1S/C12H20O2/c1-9-5-6-12(7-10(9)2)14-11(3)8-13-4/h5-7,9-11H,8H2,1-4H3/t9-,10?,11+/m0/s1. The van der Waals surface area contributed by atoms with Gasteiger partial charge in [-0.3, -0.25) is 0 Å². The molecule has 0 saturated heterocycles. The molecule has 0 aromatic carbocycles. The summed E-state index contributed by atoms with van der Waals surface area (Å²) in [5.74, 6) is 2.14. The largest absolute Gasteiger partial charge is 0.489 e. The Morgan fingerprint density at radius 1 is 1.36 bits per heavy atom. The molecule has 1 rings (SSSR count). The lowest BCUT2D eigenvalue weighted by Crippen LogP contribution is -2.16. The van der Waals surface area contributed by atoms with E-state index in [0.29, 0.717) is 18.4 Å². The van der Waals surface area contributed by atoms with Crippen LogP contribution >= 0.6 is 0 Å². The third kappa shape index (κ3) is 3.18. The van der Waals surface area contributed by atoms with Crippen LogP contribution in [0.2, 0.25) is 0 Å². The molecule has 0 radical (unpaired) electrons. The van der Waals surface area contributed by atoms with Gasteiger partial charge in [0.15, 0.2) is 0 Å². The summed E-state index contributed by atoms with van der Waals surface area (Å²) in [6.45, 7) is 7.07. The highest BCUT2D eigenvalue weighted by molar-refractivity contribution is 5.19. The minimum Gasteiger partial charge on any atom is -0.489 e. The number of allylic oxidation sites excluding steroid dienone is 3. The summed E-state index contributed by atoms with van der Waals surface area (Å²) in [4.78, 5) is 0. The summed E-state index contributed by atoms with van der Waals surface area (Å²) in [6, 6.07) is 0. The normalized spacial score (nSPS) is 28.4. The fraction of sp³-hybridized carbons (Fsp3) is 0.667. The lowest BCUT2D eigenvalue weighted by Gasteiger charge is -2.21. The first kappa shape index (κ1) is 11.3. The van der Waals surface area contributed by atoms with Gasteiger partial charge in [0.2, 0.25) is 0 Å². The molecular formula is C12H20O2. The first-order chi connectivity index (χ1) is 6.63. The predicted molar refractivity (Wildman–Crippen MR) is 58.0 cm³/mol. The van der Waals surface area contributed by atoms with Crippen LogP contribution in [0.4, 0.5) is 0 Å². The van der Waals surface area contributed by atoms with Crippen molar-refractivity contribution in [1.82, 2.24) is 0 Å². The molecule has 1 aliphatic rings. The van der Waals surface area contributed by atoms with E-state index < -0.39 is 0 Å². The van der Waals surface area contributed by atoms with Gasteiger partial charge >= 0.3 is 0 Å². The summed E-state index contributed by atoms with van der Waals surface area (Å²) >= 11 is 0. The zero-order valence-corrected chi connectivity index (χ0v) is 9.49. The Kier molecular flexibility index (Phi) is 4.21. The third-order valence-electron chi connectivity index (χ3n) is 2.56. The minimum atomic E-state index is 0.122. The van der Waals surface area contributed by atoms with Crippen molar-refractivity contribution in [3.05, 3.63) is 24.0 Å². The van der Waals surface area contributed by atoms with Crippen LogP contribution in [0.25, 0.3) is 0 Å². The van der Waals surface area contributed by atoms with Gasteiger partial charge in [-0.2, -0.15) is 0 Å². The molecule has 1 aliphatic carbocycles. The van der Waals surface area contributed by atoms with Gasteiger partial charge in [0, 0.05) is 7.11 Å². The molecule has 0 saturated carbocycles. The van der Waals surface area contributed by atoms with Crippen molar-refractivity contribution in [3.8, 4) is 0 Å².